The van der Waals surface area contributed by atoms with Gasteiger partial charge in [-0.15, -0.1) is 0 Å². The molecule has 0 spiro atoms. The highest BCUT2D eigenvalue weighted by atomic mass is 35.5. The maximum Gasteiger partial charge on any atom is 0.0643 e. The zero-order valence-corrected chi connectivity index (χ0v) is 11.3. The molecule has 0 bridgehead atoms. The summed E-state index contributed by atoms with van der Waals surface area (Å²) in [6.45, 7) is 8.36. The van der Waals surface area contributed by atoms with E-state index in [1.807, 2.05) is 19.2 Å². The quantitative estimate of drug-likeness (QED) is 0.850. The summed E-state index contributed by atoms with van der Waals surface area (Å²) in [5.41, 5.74) is 2.42. The molecule has 0 aromatic heterocycles. The van der Waals surface area contributed by atoms with Crippen molar-refractivity contribution in [2.45, 2.75) is 33.4 Å². The van der Waals surface area contributed by atoms with E-state index in [1.54, 1.807) is 0 Å². The molecule has 0 aliphatic heterocycles. The molecule has 0 saturated carbocycles. The van der Waals surface area contributed by atoms with Crippen molar-refractivity contribution in [1.82, 2.24) is 5.32 Å². The molecule has 16 heavy (non-hydrogen) atoms. The third-order valence-corrected chi connectivity index (χ3v) is 2.99. The number of nitrogens with one attached hydrogen (secondary N) is 1. The Balaban J connectivity index is 3.17. The molecule has 1 aromatic carbocycles. The lowest BCUT2D eigenvalue weighted by Gasteiger charge is -2.30. The molecule has 3 heteroatoms. The monoisotopic (exact) mass is 240 g/mol. The van der Waals surface area contributed by atoms with Gasteiger partial charge in [0.2, 0.25) is 0 Å². The number of benzene rings is 1. The fourth-order valence-electron chi connectivity index (χ4n) is 2.00. The second-order valence-electron chi connectivity index (χ2n) is 4.16. The van der Waals surface area contributed by atoms with Gasteiger partial charge in [-0.25, -0.2) is 0 Å². The highest BCUT2D eigenvalue weighted by Crippen LogP contribution is 2.31. The van der Waals surface area contributed by atoms with Gasteiger partial charge in [-0.3, -0.25) is 0 Å². The number of rotatable bonds is 5. The molecule has 0 fully saturated rings. The summed E-state index contributed by atoms with van der Waals surface area (Å²) >= 11 is 6.31. The number of para-hydroxylation sites is 1. The summed E-state index contributed by atoms with van der Waals surface area (Å²) in [7, 11) is 1.95. The Bertz CT molecular complexity index is 337. The van der Waals surface area contributed by atoms with Crippen LogP contribution in [0.5, 0.6) is 0 Å². The second kappa shape index (κ2) is 6.12. The Labute approximate surface area is 104 Å². The van der Waals surface area contributed by atoms with Crippen molar-refractivity contribution in [3.8, 4) is 0 Å². The number of nitrogens with zero attached hydrogens (tertiary/aromatic N) is 1. The van der Waals surface area contributed by atoms with E-state index in [0.29, 0.717) is 6.04 Å². The smallest absolute Gasteiger partial charge is 0.0643 e. The standard InChI is InChI=1S/C13H21ClN2/c1-5-16(10(2)3)13-11(9-15-4)7-6-8-12(13)14/h6-8,10,15H,5,9H2,1-4H3. The Morgan fingerprint density at radius 3 is 2.56 bits per heavy atom. The maximum atomic E-state index is 6.31. The van der Waals surface area contributed by atoms with Crippen LogP contribution in [0.4, 0.5) is 5.69 Å². The van der Waals surface area contributed by atoms with Gasteiger partial charge in [0.25, 0.3) is 0 Å². The average molecular weight is 241 g/mol. The summed E-state index contributed by atoms with van der Waals surface area (Å²) in [6, 6.07) is 6.55. The van der Waals surface area contributed by atoms with E-state index in [9.17, 15) is 0 Å². The zero-order valence-electron chi connectivity index (χ0n) is 10.5. The molecule has 0 aliphatic carbocycles. The molecule has 0 radical (unpaired) electrons. The highest BCUT2D eigenvalue weighted by molar-refractivity contribution is 6.33. The first-order chi connectivity index (χ1) is 7.61. The average Bonchev–Trinajstić information content (AvgIpc) is 2.23. The second-order valence-corrected chi connectivity index (χ2v) is 4.56. The third-order valence-electron chi connectivity index (χ3n) is 2.69. The molecule has 0 atom stereocenters. The number of anilines is 1. The molecule has 0 unspecified atom stereocenters. The Morgan fingerprint density at radius 1 is 1.38 bits per heavy atom. The van der Waals surface area contributed by atoms with Gasteiger partial charge in [0.05, 0.1) is 10.7 Å². The minimum Gasteiger partial charge on any atom is -0.368 e. The van der Waals surface area contributed by atoms with E-state index >= 15 is 0 Å². The molecule has 90 valence electrons. The highest BCUT2D eigenvalue weighted by Gasteiger charge is 2.15. The van der Waals surface area contributed by atoms with E-state index in [2.05, 4.69) is 37.1 Å². The fraction of sp³-hybridized carbons (Fsp3) is 0.538. The van der Waals surface area contributed by atoms with Gasteiger partial charge >= 0.3 is 0 Å². The van der Waals surface area contributed by atoms with Crippen LogP contribution in [0.15, 0.2) is 18.2 Å². The van der Waals surface area contributed by atoms with Crippen molar-refractivity contribution in [2.75, 3.05) is 18.5 Å². The molecule has 0 heterocycles. The van der Waals surface area contributed by atoms with Crippen molar-refractivity contribution >= 4 is 17.3 Å². The first-order valence-electron chi connectivity index (χ1n) is 5.80. The van der Waals surface area contributed by atoms with Crippen LogP contribution >= 0.6 is 11.6 Å². The molecule has 0 amide bonds. The topological polar surface area (TPSA) is 15.3 Å². The van der Waals surface area contributed by atoms with E-state index in [0.717, 1.165) is 23.8 Å². The van der Waals surface area contributed by atoms with E-state index in [1.165, 1.54) is 5.56 Å². The van der Waals surface area contributed by atoms with Crippen LogP contribution in [0.1, 0.15) is 26.3 Å². The third kappa shape index (κ3) is 2.89. The van der Waals surface area contributed by atoms with Gasteiger partial charge in [-0.1, -0.05) is 23.7 Å². The van der Waals surface area contributed by atoms with Crippen molar-refractivity contribution in [3.05, 3.63) is 28.8 Å². The molecular weight excluding hydrogens is 220 g/mol. The van der Waals surface area contributed by atoms with Crippen molar-refractivity contribution in [2.24, 2.45) is 0 Å². The summed E-state index contributed by atoms with van der Waals surface area (Å²) < 4.78 is 0. The van der Waals surface area contributed by atoms with Crippen molar-refractivity contribution < 1.29 is 0 Å². The number of hydrogen-bond acceptors (Lipinski definition) is 2. The summed E-state index contributed by atoms with van der Waals surface area (Å²) in [4.78, 5) is 2.33. The van der Waals surface area contributed by atoms with Crippen LogP contribution in [-0.4, -0.2) is 19.6 Å². The SMILES string of the molecule is CCN(c1c(Cl)cccc1CNC)C(C)C. The van der Waals surface area contributed by atoms with Crippen LogP contribution in [-0.2, 0) is 6.54 Å². The molecule has 2 nitrogen and oxygen atoms in total. The summed E-state index contributed by atoms with van der Waals surface area (Å²) in [6.07, 6.45) is 0. The van der Waals surface area contributed by atoms with Crippen LogP contribution in [0.3, 0.4) is 0 Å². The minimum atomic E-state index is 0.459. The molecule has 1 aromatic rings. The first-order valence-corrected chi connectivity index (χ1v) is 6.18. The van der Waals surface area contributed by atoms with Gasteiger partial charge in [0.15, 0.2) is 0 Å². The summed E-state index contributed by atoms with van der Waals surface area (Å²) in [5.74, 6) is 0. The Morgan fingerprint density at radius 2 is 2.06 bits per heavy atom. The van der Waals surface area contributed by atoms with Gasteiger partial charge < -0.3 is 10.2 Å². The largest absolute Gasteiger partial charge is 0.368 e. The zero-order chi connectivity index (χ0) is 12.1. The lowest BCUT2D eigenvalue weighted by molar-refractivity contribution is 0.694. The fourth-order valence-corrected chi connectivity index (χ4v) is 2.30. The van der Waals surface area contributed by atoms with Gasteiger partial charge in [0, 0.05) is 19.1 Å². The molecule has 0 aliphatic rings. The van der Waals surface area contributed by atoms with Gasteiger partial charge in [-0.2, -0.15) is 0 Å². The lowest BCUT2D eigenvalue weighted by Crippen LogP contribution is -2.32. The molecular formula is C13H21ClN2. The van der Waals surface area contributed by atoms with Crippen LogP contribution in [0.2, 0.25) is 5.02 Å². The van der Waals surface area contributed by atoms with Crippen LogP contribution in [0, 0.1) is 0 Å². The Hall–Kier alpha value is -0.730. The predicted molar refractivity (Wildman–Crippen MR) is 72.4 cm³/mol. The van der Waals surface area contributed by atoms with E-state index in [4.69, 9.17) is 11.6 Å². The first kappa shape index (κ1) is 13.3. The van der Waals surface area contributed by atoms with Crippen molar-refractivity contribution in [3.63, 3.8) is 0 Å². The summed E-state index contributed by atoms with van der Waals surface area (Å²) in [5, 5.41) is 4.02. The van der Waals surface area contributed by atoms with Crippen LogP contribution < -0.4 is 10.2 Å². The lowest BCUT2D eigenvalue weighted by atomic mass is 10.1. The minimum absolute atomic E-state index is 0.459. The number of halogens is 1. The maximum absolute atomic E-state index is 6.31. The van der Waals surface area contributed by atoms with E-state index < -0.39 is 0 Å². The molecule has 1 N–H and O–H groups in total. The van der Waals surface area contributed by atoms with Crippen molar-refractivity contribution in [1.29, 1.82) is 0 Å². The molecule has 1 rings (SSSR count). The van der Waals surface area contributed by atoms with Crippen LogP contribution in [0.25, 0.3) is 0 Å². The van der Waals surface area contributed by atoms with E-state index in [-0.39, 0.29) is 0 Å². The number of hydrogen-bond donors (Lipinski definition) is 1. The van der Waals surface area contributed by atoms with Gasteiger partial charge in [-0.05, 0) is 39.4 Å². The normalized spacial score (nSPS) is 10.9. The molecule has 0 saturated heterocycles. The predicted octanol–water partition coefficient (Wildman–Crippen LogP) is 3.29. The van der Waals surface area contributed by atoms with Gasteiger partial charge in [0.1, 0.15) is 0 Å². The Kier molecular flexibility index (Phi) is 5.10.